The number of benzene rings is 4. The van der Waals surface area contributed by atoms with E-state index in [9.17, 15) is 5.11 Å². The van der Waals surface area contributed by atoms with Gasteiger partial charge in [-0.05, 0) is 94.5 Å². The van der Waals surface area contributed by atoms with E-state index in [0.717, 1.165) is 22.1 Å². The molecule has 76 heavy (non-hydrogen) atoms. The summed E-state index contributed by atoms with van der Waals surface area (Å²) in [5.74, 6) is 0. The van der Waals surface area contributed by atoms with Gasteiger partial charge < -0.3 is 47.1 Å². The Bertz CT molecular complexity index is 2450. The summed E-state index contributed by atoms with van der Waals surface area (Å²) < 4.78 is 65.7. The van der Waals surface area contributed by atoms with E-state index in [1.807, 2.05) is 36.4 Å². The highest BCUT2D eigenvalue weighted by molar-refractivity contribution is 6.78. The quantitative estimate of drug-likeness (QED) is 0.0570. The van der Waals surface area contributed by atoms with Crippen LogP contribution in [0.2, 0.25) is 33.2 Å². The van der Waals surface area contributed by atoms with Crippen molar-refractivity contribution in [1.29, 1.82) is 0 Å². The molecule has 0 amide bonds. The molecular formula is C64H96O10Si2. The summed E-state index contributed by atoms with van der Waals surface area (Å²) >= 11 is 0. The maximum atomic E-state index is 12.7. The molecule has 4 aromatic carbocycles. The maximum Gasteiger partial charge on any atom is 0.200 e. The Balaban J connectivity index is 1.15. The van der Waals surface area contributed by atoms with Crippen molar-refractivity contribution < 1.29 is 47.1 Å². The zero-order valence-electron chi connectivity index (χ0n) is 49.2. The molecular weight excluding hydrogens is 985 g/mol. The first-order chi connectivity index (χ1) is 35.9. The summed E-state index contributed by atoms with van der Waals surface area (Å²) in [6.07, 6.45) is -2.86. The Hall–Kier alpha value is -2.83. The van der Waals surface area contributed by atoms with E-state index in [-0.39, 0.29) is 12.7 Å². The van der Waals surface area contributed by atoms with Crippen LogP contribution in [0.3, 0.4) is 0 Å². The van der Waals surface area contributed by atoms with Crippen LogP contribution in [0.15, 0.2) is 103 Å². The molecule has 4 heterocycles. The highest BCUT2D eigenvalue weighted by atomic mass is 28.4. The van der Waals surface area contributed by atoms with Gasteiger partial charge in [-0.1, -0.05) is 180 Å². The number of ether oxygens (including phenoxy) is 7. The minimum absolute atomic E-state index is 0.270. The molecule has 420 valence electrons. The molecule has 0 aromatic heterocycles. The Morgan fingerprint density at radius 2 is 1.04 bits per heavy atom. The molecule has 12 atom stereocenters. The molecule has 0 aliphatic carbocycles. The lowest BCUT2D eigenvalue weighted by atomic mass is 9.78. The lowest BCUT2D eigenvalue weighted by Gasteiger charge is -2.57. The number of epoxide rings is 1. The van der Waals surface area contributed by atoms with Crippen LogP contribution in [-0.4, -0.2) is 106 Å². The third-order valence-corrected chi connectivity index (χ3v) is 30.8. The summed E-state index contributed by atoms with van der Waals surface area (Å²) in [6, 6.07) is 35.4. The largest absolute Gasteiger partial charge is 0.413 e. The van der Waals surface area contributed by atoms with E-state index < -0.39 is 81.8 Å². The van der Waals surface area contributed by atoms with E-state index in [1.54, 1.807) is 0 Å². The fourth-order valence-electron chi connectivity index (χ4n) is 14.8. The maximum absolute atomic E-state index is 12.7. The Kier molecular flexibility index (Phi) is 18.5. The number of hydrogen-bond donors (Lipinski definition) is 1. The summed E-state index contributed by atoms with van der Waals surface area (Å²) in [4.78, 5) is 0. The van der Waals surface area contributed by atoms with Crippen LogP contribution in [0.25, 0.3) is 10.8 Å². The van der Waals surface area contributed by atoms with Gasteiger partial charge in [-0.3, -0.25) is 0 Å². The molecule has 4 aliphatic heterocycles. The Morgan fingerprint density at radius 1 is 0.526 bits per heavy atom. The zero-order chi connectivity index (χ0) is 55.0. The molecule has 4 saturated heterocycles. The molecule has 12 heteroatoms. The van der Waals surface area contributed by atoms with Crippen molar-refractivity contribution in [2.45, 2.75) is 254 Å². The van der Waals surface area contributed by atoms with Crippen LogP contribution in [0.4, 0.5) is 0 Å². The normalized spacial score (nSPS) is 32.1. The highest BCUT2D eigenvalue weighted by Gasteiger charge is 2.70. The summed E-state index contributed by atoms with van der Waals surface area (Å²) in [5.41, 5.74) is 1.81. The third-order valence-electron chi connectivity index (χ3n) is 18.6. The fraction of sp³-hybridized carbons (Fsp3) is 0.656. The number of aliphatic hydroxyl groups excluding tert-OH is 1. The summed E-state index contributed by atoms with van der Waals surface area (Å²) in [7, 11) is -4.82. The summed E-state index contributed by atoms with van der Waals surface area (Å²) in [5, 5.41) is 15.1. The van der Waals surface area contributed by atoms with Crippen molar-refractivity contribution >= 4 is 27.4 Å². The molecule has 10 unspecified atom stereocenters. The predicted molar refractivity (Wildman–Crippen MR) is 310 cm³/mol. The average Bonchev–Trinajstić information content (AvgIpc) is 4.30. The van der Waals surface area contributed by atoms with E-state index in [0.29, 0.717) is 78.9 Å². The highest BCUT2D eigenvalue weighted by Crippen LogP contribution is 2.56. The molecule has 0 bridgehead atoms. The standard InChI is InChI=1S/C64H96O10Si2/c1-42(2)75(43(3)4,44(5)6)69-41-63(15)56(72-76(45(7)8,46(9)10)47(11)12)35-57-64(16,74-63)60-59(71-60)58(65)53(70-57)36-61(13)54(68-39-50-31-32-51-29-23-24-30-52(51)33-50)34-55(67-38-49-27-21-18-22-28-49)62(14,73-61)40-66-37-48-25-19-17-20-26-48/h17-33,42-47,53-60,65H,34-41H2,1-16H3/t53?,54?,55?,56?,57?,58?,59?,60?,61?,62?,63-,64+/m1/s1. The molecule has 0 spiro atoms. The topological polar surface area (TPSA) is 107 Å². The zero-order valence-corrected chi connectivity index (χ0v) is 51.2. The first-order valence-corrected chi connectivity index (χ1v) is 33.3. The SMILES string of the molecule is CC(C)[Si](OC[C@@]1(C)O[C@@]2(C)C(CC1O[Si](C(C)C)(C(C)C)C(C)C)OC(CC1(C)OC(C)(COCc3ccccc3)C(OCc3ccccc3)CC1OCc1ccc3ccccc3c1)C(O)C1OC12)(C(C)C)C(C)C. The van der Waals surface area contributed by atoms with Crippen molar-refractivity contribution in [3.05, 3.63) is 120 Å². The van der Waals surface area contributed by atoms with Crippen LogP contribution < -0.4 is 0 Å². The number of rotatable bonds is 23. The van der Waals surface area contributed by atoms with Gasteiger partial charge in [-0.25, -0.2) is 0 Å². The van der Waals surface area contributed by atoms with Crippen LogP contribution in [-0.2, 0) is 61.8 Å². The van der Waals surface area contributed by atoms with Gasteiger partial charge in [-0.15, -0.1) is 0 Å². The van der Waals surface area contributed by atoms with Gasteiger partial charge in [0.05, 0.1) is 69.2 Å². The lowest BCUT2D eigenvalue weighted by molar-refractivity contribution is -0.314. The van der Waals surface area contributed by atoms with Crippen molar-refractivity contribution in [3.8, 4) is 0 Å². The number of fused-ring (bicyclic) bond motifs is 4. The smallest absolute Gasteiger partial charge is 0.200 e. The van der Waals surface area contributed by atoms with Crippen molar-refractivity contribution in [1.82, 2.24) is 0 Å². The second-order valence-electron chi connectivity index (χ2n) is 26.0. The molecule has 4 fully saturated rings. The van der Waals surface area contributed by atoms with Gasteiger partial charge in [0.2, 0.25) is 8.32 Å². The van der Waals surface area contributed by atoms with Gasteiger partial charge in [0, 0.05) is 19.3 Å². The van der Waals surface area contributed by atoms with Crippen LogP contribution >= 0.6 is 0 Å². The van der Waals surface area contributed by atoms with Crippen molar-refractivity contribution in [2.24, 2.45) is 0 Å². The minimum atomic E-state index is -2.49. The predicted octanol–water partition coefficient (Wildman–Crippen LogP) is 14.4. The van der Waals surface area contributed by atoms with Crippen molar-refractivity contribution in [2.75, 3.05) is 13.2 Å². The molecule has 4 aromatic rings. The van der Waals surface area contributed by atoms with Crippen molar-refractivity contribution in [3.63, 3.8) is 0 Å². The van der Waals surface area contributed by atoms with E-state index >= 15 is 0 Å². The monoisotopic (exact) mass is 1080 g/mol. The second-order valence-corrected chi connectivity index (χ2v) is 36.8. The molecule has 0 radical (unpaired) electrons. The molecule has 10 nitrogen and oxygen atoms in total. The molecule has 0 saturated carbocycles. The first kappa shape index (κ1) is 59.3. The molecule has 4 aliphatic rings. The molecule has 1 N–H and O–H groups in total. The Labute approximate surface area is 459 Å². The average molecular weight is 1080 g/mol. The van der Waals surface area contributed by atoms with Crippen LogP contribution in [0, 0.1) is 0 Å². The Morgan fingerprint density at radius 3 is 1.62 bits per heavy atom. The number of hydrogen-bond acceptors (Lipinski definition) is 10. The van der Waals surface area contributed by atoms with Crippen LogP contribution in [0.1, 0.15) is 147 Å². The van der Waals surface area contributed by atoms with Gasteiger partial charge >= 0.3 is 0 Å². The van der Waals surface area contributed by atoms with E-state index in [1.165, 1.54) is 5.39 Å². The fourth-order valence-corrected chi connectivity index (χ4v) is 26.0. The minimum Gasteiger partial charge on any atom is -0.413 e. The molecule has 8 rings (SSSR count). The number of aliphatic hydroxyl groups is 1. The summed E-state index contributed by atoms with van der Waals surface area (Å²) in [6.45, 7) is 38.6. The van der Waals surface area contributed by atoms with Gasteiger partial charge in [-0.2, -0.15) is 0 Å². The van der Waals surface area contributed by atoms with Gasteiger partial charge in [0.15, 0.2) is 8.32 Å². The first-order valence-electron chi connectivity index (χ1n) is 29.0. The third kappa shape index (κ3) is 12.0. The van der Waals surface area contributed by atoms with Crippen LogP contribution in [0.5, 0.6) is 0 Å². The van der Waals surface area contributed by atoms with E-state index in [4.69, 9.17) is 42.0 Å². The lowest BCUT2D eigenvalue weighted by Crippen LogP contribution is -2.69. The van der Waals surface area contributed by atoms with Gasteiger partial charge in [0.1, 0.15) is 35.1 Å². The van der Waals surface area contributed by atoms with Gasteiger partial charge in [0.25, 0.3) is 0 Å². The second kappa shape index (κ2) is 23.7. The van der Waals surface area contributed by atoms with E-state index in [2.05, 4.69) is 178 Å².